The second-order valence-corrected chi connectivity index (χ2v) is 3.86. The zero-order valence-electron chi connectivity index (χ0n) is 6.86. The van der Waals surface area contributed by atoms with Crippen LogP contribution in [-0.2, 0) is 4.79 Å². The lowest BCUT2D eigenvalue weighted by Gasteiger charge is -2.12. The summed E-state index contributed by atoms with van der Waals surface area (Å²) in [5.74, 6) is 0.490. The largest absolute Gasteiger partial charge is 0.291 e. The van der Waals surface area contributed by atoms with Crippen molar-refractivity contribution in [2.75, 3.05) is 11.9 Å². The molecule has 0 saturated heterocycles. The van der Waals surface area contributed by atoms with Crippen LogP contribution in [0.2, 0.25) is 0 Å². The fourth-order valence-corrected chi connectivity index (χ4v) is 1.69. The van der Waals surface area contributed by atoms with Crippen LogP contribution in [0.15, 0.2) is 11.6 Å². The molecule has 0 unspecified atom stereocenters. The lowest BCUT2D eigenvalue weighted by molar-refractivity contribution is -0.119. The molecule has 1 amide bonds. The summed E-state index contributed by atoms with van der Waals surface area (Å²) < 4.78 is 0. The first-order valence-corrected chi connectivity index (χ1v) is 4.84. The number of rotatable bonds is 2. The molecule has 2 rings (SSSR count). The van der Waals surface area contributed by atoms with Gasteiger partial charge in [-0.3, -0.25) is 9.69 Å². The highest BCUT2D eigenvalue weighted by Gasteiger charge is 2.33. The van der Waals surface area contributed by atoms with Crippen molar-refractivity contribution in [3.8, 4) is 0 Å². The second kappa shape index (κ2) is 2.86. The number of nitrogens with zero attached hydrogens (tertiary/aromatic N) is 2. The highest BCUT2D eigenvalue weighted by atomic mass is 32.1. The molecular weight excluding hydrogens is 172 g/mol. The van der Waals surface area contributed by atoms with E-state index >= 15 is 0 Å². The molecular formula is C8H10N2OS. The van der Waals surface area contributed by atoms with Crippen LogP contribution < -0.4 is 4.90 Å². The quantitative estimate of drug-likeness (QED) is 0.694. The summed E-state index contributed by atoms with van der Waals surface area (Å²) in [6.07, 6.45) is 3.82. The highest BCUT2D eigenvalue weighted by molar-refractivity contribution is 7.13. The summed E-state index contributed by atoms with van der Waals surface area (Å²) in [4.78, 5) is 17.2. The molecule has 1 heterocycles. The van der Waals surface area contributed by atoms with Gasteiger partial charge in [-0.05, 0) is 12.8 Å². The predicted molar refractivity (Wildman–Crippen MR) is 48.2 cm³/mol. The zero-order chi connectivity index (χ0) is 8.55. The number of hydrogen-bond acceptors (Lipinski definition) is 3. The molecule has 64 valence electrons. The number of thiazole rings is 1. The summed E-state index contributed by atoms with van der Waals surface area (Å²) in [6, 6.07) is 0. The monoisotopic (exact) mass is 182 g/mol. The molecule has 0 spiro atoms. The molecule has 0 atom stereocenters. The first-order chi connectivity index (χ1) is 5.79. The van der Waals surface area contributed by atoms with E-state index in [1.807, 2.05) is 5.38 Å². The number of hydrogen-bond donors (Lipinski definition) is 0. The Morgan fingerprint density at radius 3 is 3.00 bits per heavy atom. The van der Waals surface area contributed by atoms with Gasteiger partial charge < -0.3 is 0 Å². The van der Waals surface area contributed by atoms with Crippen molar-refractivity contribution in [3.63, 3.8) is 0 Å². The number of amides is 1. The Hall–Kier alpha value is -0.900. The molecule has 3 nitrogen and oxygen atoms in total. The average Bonchev–Trinajstić information content (AvgIpc) is 2.79. The third-order valence-corrected chi connectivity index (χ3v) is 2.81. The van der Waals surface area contributed by atoms with Crippen molar-refractivity contribution in [3.05, 3.63) is 11.6 Å². The summed E-state index contributed by atoms with van der Waals surface area (Å²) in [5, 5.41) is 2.68. The van der Waals surface area contributed by atoms with E-state index in [0.717, 1.165) is 18.0 Å². The van der Waals surface area contributed by atoms with Gasteiger partial charge in [0.2, 0.25) is 5.91 Å². The maximum Gasteiger partial charge on any atom is 0.231 e. The minimum Gasteiger partial charge on any atom is -0.291 e. The molecule has 0 aliphatic heterocycles. The van der Waals surface area contributed by atoms with E-state index in [1.54, 1.807) is 18.1 Å². The average molecular weight is 182 g/mol. The van der Waals surface area contributed by atoms with Crippen LogP contribution in [0.4, 0.5) is 5.13 Å². The molecule has 1 aromatic rings. The SMILES string of the molecule is CN(C(=O)C1CC1)c1nccs1. The Bertz CT molecular complexity index is 279. The van der Waals surface area contributed by atoms with Gasteiger partial charge in [0.05, 0.1) is 0 Å². The topological polar surface area (TPSA) is 33.2 Å². The Balaban J connectivity index is 2.08. The predicted octanol–water partition coefficient (Wildman–Crippen LogP) is 1.52. The number of aromatic nitrogens is 1. The normalized spacial score (nSPS) is 16.1. The lowest BCUT2D eigenvalue weighted by atomic mass is 10.4. The molecule has 4 heteroatoms. The molecule has 0 N–H and O–H groups in total. The maximum atomic E-state index is 11.5. The van der Waals surface area contributed by atoms with Gasteiger partial charge >= 0.3 is 0 Å². The van der Waals surface area contributed by atoms with Crippen LogP contribution >= 0.6 is 11.3 Å². The van der Waals surface area contributed by atoms with Crippen molar-refractivity contribution in [2.24, 2.45) is 5.92 Å². The van der Waals surface area contributed by atoms with E-state index in [0.29, 0.717) is 0 Å². The van der Waals surface area contributed by atoms with E-state index in [1.165, 1.54) is 11.3 Å². The minimum atomic E-state index is 0.213. The molecule has 1 aromatic heterocycles. The summed E-state index contributed by atoms with van der Waals surface area (Å²) in [7, 11) is 1.79. The van der Waals surface area contributed by atoms with Crippen molar-refractivity contribution >= 4 is 22.4 Å². The summed E-state index contributed by atoms with van der Waals surface area (Å²) >= 11 is 1.50. The van der Waals surface area contributed by atoms with Crippen LogP contribution in [0.3, 0.4) is 0 Å². The third kappa shape index (κ3) is 1.34. The molecule has 1 aliphatic carbocycles. The summed E-state index contributed by atoms with van der Waals surface area (Å²) in [6.45, 7) is 0. The van der Waals surface area contributed by atoms with Gasteiger partial charge in [-0.15, -0.1) is 11.3 Å². The molecule has 0 bridgehead atoms. The van der Waals surface area contributed by atoms with Gasteiger partial charge in [0.15, 0.2) is 5.13 Å². The molecule has 12 heavy (non-hydrogen) atoms. The van der Waals surface area contributed by atoms with Crippen LogP contribution in [0.25, 0.3) is 0 Å². The van der Waals surface area contributed by atoms with Gasteiger partial charge in [-0.25, -0.2) is 4.98 Å². The number of anilines is 1. The number of carbonyl (C=O) groups excluding carboxylic acids is 1. The molecule has 0 aromatic carbocycles. The fourth-order valence-electron chi connectivity index (χ4n) is 1.08. The van der Waals surface area contributed by atoms with Gasteiger partial charge in [0.1, 0.15) is 0 Å². The molecule has 1 fully saturated rings. The van der Waals surface area contributed by atoms with Crippen LogP contribution in [0, 0.1) is 5.92 Å². The van der Waals surface area contributed by atoms with Gasteiger partial charge in [-0.1, -0.05) is 0 Å². The van der Waals surface area contributed by atoms with Gasteiger partial charge in [0.25, 0.3) is 0 Å². The van der Waals surface area contributed by atoms with E-state index < -0.39 is 0 Å². The minimum absolute atomic E-state index is 0.213. The Kier molecular flexibility index (Phi) is 1.84. The lowest BCUT2D eigenvalue weighted by Crippen LogP contribution is -2.27. The van der Waals surface area contributed by atoms with Gasteiger partial charge in [0, 0.05) is 24.5 Å². The van der Waals surface area contributed by atoms with Crippen molar-refractivity contribution < 1.29 is 4.79 Å². The van der Waals surface area contributed by atoms with E-state index in [4.69, 9.17) is 0 Å². The summed E-state index contributed by atoms with van der Waals surface area (Å²) in [5.41, 5.74) is 0. The van der Waals surface area contributed by atoms with Crippen molar-refractivity contribution in [1.29, 1.82) is 0 Å². The fraction of sp³-hybridized carbons (Fsp3) is 0.500. The standard InChI is InChI=1S/C8H10N2OS/c1-10(7(11)6-2-3-6)8-9-4-5-12-8/h4-6H,2-3H2,1H3. The highest BCUT2D eigenvalue weighted by Crippen LogP contribution is 2.32. The van der Waals surface area contributed by atoms with Crippen molar-refractivity contribution in [2.45, 2.75) is 12.8 Å². The number of carbonyl (C=O) groups is 1. The van der Waals surface area contributed by atoms with E-state index in [-0.39, 0.29) is 11.8 Å². The molecule has 1 aliphatic rings. The molecule has 1 saturated carbocycles. The van der Waals surface area contributed by atoms with Gasteiger partial charge in [-0.2, -0.15) is 0 Å². The zero-order valence-corrected chi connectivity index (χ0v) is 7.67. The first-order valence-electron chi connectivity index (χ1n) is 3.96. The van der Waals surface area contributed by atoms with E-state index in [9.17, 15) is 4.79 Å². The van der Waals surface area contributed by atoms with Crippen molar-refractivity contribution in [1.82, 2.24) is 4.98 Å². The Labute approximate surface area is 75.0 Å². The second-order valence-electron chi connectivity index (χ2n) is 2.99. The Morgan fingerprint density at radius 1 is 1.75 bits per heavy atom. The van der Waals surface area contributed by atoms with Crippen LogP contribution in [0.5, 0.6) is 0 Å². The van der Waals surface area contributed by atoms with Crippen LogP contribution in [0.1, 0.15) is 12.8 Å². The van der Waals surface area contributed by atoms with E-state index in [2.05, 4.69) is 4.98 Å². The maximum absolute atomic E-state index is 11.5. The Morgan fingerprint density at radius 2 is 2.50 bits per heavy atom. The molecule has 0 radical (unpaired) electrons. The third-order valence-electron chi connectivity index (χ3n) is 1.96. The first kappa shape index (κ1) is 7.73. The van der Waals surface area contributed by atoms with Crippen LogP contribution in [-0.4, -0.2) is 17.9 Å². The smallest absolute Gasteiger partial charge is 0.231 e.